The van der Waals surface area contributed by atoms with E-state index < -0.39 is 0 Å². The van der Waals surface area contributed by atoms with Crippen molar-refractivity contribution in [1.29, 1.82) is 0 Å². The van der Waals surface area contributed by atoms with Crippen LogP contribution in [0.5, 0.6) is 0 Å². The highest BCUT2D eigenvalue weighted by Gasteiger charge is 1.99. The Bertz CT molecular complexity index is 199. The lowest BCUT2D eigenvalue weighted by Gasteiger charge is -2.07. The van der Waals surface area contributed by atoms with Gasteiger partial charge in [0.15, 0.2) is 0 Å². The highest BCUT2D eigenvalue weighted by molar-refractivity contribution is 4.97. The Labute approximate surface area is 109 Å². The zero-order valence-corrected chi connectivity index (χ0v) is 11.9. The Hall–Kier alpha value is -0.480. The summed E-state index contributed by atoms with van der Waals surface area (Å²) in [6.45, 7) is 4.15. The third-order valence-electron chi connectivity index (χ3n) is 3.22. The number of rotatable bonds is 11. The second-order valence-corrected chi connectivity index (χ2v) is 5.01. The molecule has 0 aliphatic carbocycles. The molecule has 1 unspecified atom stereocenters. The van der Waals surface area contributed by atoms with Crippen LogP contribution in [0.2, 0.25) is 0 Å². The van der Waals surface area contributed by atoms with Crippen LogP contribution < -0.4 is 5.73 Å². The molecule has 0 aromatic heterocycles. The van der Waals surface area contributed by atoms with Crippen LogP contribution >= 0.6 is 0 Å². The van der Waals surface area contributed by atoms with Crippen LogP contribution in [0.1, 0.15) is 84.5 Å². The monoisotopic (exact) mass is 237 g/mol. The van der Waals surface area contributed by atoms with Crippen molar-refractivity contribution in [2.45, 2.75) is 90.5 Å². The molecule has 0 saturated carbocycles. The molecule has 0 amide bonds. The molecule has 1 nitrogen and oxygen atoms in total. The summed E-state index contributed by atoms with van der Waals surface area (Å²) in [7, 11) is 0. The van der Waals surface area contributed by atoms with Crippen molar-refractivity contribution in [2.75, 3.05) is 0 Å². The molecule has 100 valence electrons. The summed E-state index contributed by atoms with van der Waals surface area (Å²) < 4.78 is 0. The molecule has 0 saturated heterocycles. The third kappa shape index (κ3) is 13.5. The molecule has 0 aliphatic rings. The molecule has 0 rings (SSSR count). The zero-order chi connectivity index (χ0) is 12.8. The van der Waals surface area contributed by atoms with Gasteiger partial charge in [-0.15, -0.1) is 11.8 Å². The molecular formula is C16H31N. The Balaban J connectivity index is 3.09. The van der Waals surface area contributed by atoms with Gasteiger partial charge in [0, 0.05) is 12.5 Å². The average molecular weight is 237 g/mol. The van der Waals surface area contributed by atoms with E-state index in [0.29, 0.717) is 6.04 Å². The smallest absolute Gasteiger partial charge is 0.0241 e. The summed E-state index contributed by atoms with van der Waals surface area (Å²) in [6.07, 6.45) is 14.5. The Morgan fingerprint density at radius 2 is 1.41 bits per heavy atom. The summed E-state index contributed by atoms with van der Waals surface area (Å²) in [5, 5.41) is 0. The first-order chi connectivity index (χ1) is 8.31. The van der Waals surface area contributed by atoms with Crippen molar-refractivity contribution < 1.29 is 0 Å². The van der Waals surface area contributed by atoms with Gasteiger partial charge in [-0.25, -0.2) is 0 Å². The van der Waals surface area contributed by atoms with Gasteiger partial charge in [-0.2, -0.15) is 0 Å². The summed E-state index contributed by atoms with van der Waals surface area (Å²) in [4.78, 5) is 0. The van der Waals surface area contributed by atoms with E-state index in [1.807, 2.05) is 6.92 Å². The standard InChI is InChI=1S/C16H31N/c1-3-5-7-8-9-10-11-12-13-15-16(17)14-6-4-2/h16H,3,5,7-15,17H2,1-2H3. The molecule has 2 N–H and O–H groups in total. The van der Waals surface area contributed by atoms with Gasteiger partial charge in [-0.05, 0) is 13.3 Å². The Morgan fingerprint density at radius 3 is 1.94 bits per heavy atom. The number of nitrogens with two attached hydrogens (primary N) is 1. The molecule has 0 spiro atoms. The summed E-state index contributed by atoms with van der Waals surface area (Å²) in [5.74, 6) is 5.96. The lowest BCUT2D eigenvalue weighted by atomic mass is 10.0. The largest absolute Gasteiger partial charge is 0.327 e. The van der Waals surface area contributed by atoms with Gasteiger partial charge in [-0.3, -0.25) is 0 Å². The van der Waals surface area contributed by atoms with Gasteiger partial charge in [0.25, 0.3) is 0 Å². The number of hydrogen-bond acceptors (Lipinski definition) is 1. The van der Waals surface area contributed by atoms with Crippen molar-refractivity contribution in [2.24, 2.45) is 5.73 Å². The fourth-order valence-electron chi connectivity index (χ4n) is 2.05. The van der Waals surface area contributed by atoms with Gasteiger partial charge in [0.2, 0.25) is 0 Å². The van der Waals surface area contributed by atoms with Gasteiger partial charge >= 0.3 is 0 Å². The van der Waals surface area contributed by atoms with Gasteiger partial charge < -0.3 is 5.73 Å². The van der Waals surface area contributed by atoms with E-state index in [2.05, 4.69) is 18.8 Å². The van der Waals surface area contributed by atoms with E-state index in [-0.39, 0.29) is 0 Å². The average Bonchev–Trinajstić information content (AvgIpc) is 2.34. The summed E-state index contributed by atoms with van der Waals surface area (Å²) in [5.41, 5.74) is 5.95. The van der Waals surface area contributed by atoms with Crippen molar-refractivity contribution in [1.82, 2.24) is 0 Å². The maximum atomic E-state index is 5.95. The maximum Gasteiger partial charge on any atom is 0.0241 e. The predicted molar refractivity (Wildman–Crippen MR) is 77.9 cm³/mol. The number of hydrogen-bond donors (Lipinski definition) is 1. The molecule has 1 atom stereocenters. The molecule has 1 heteroatoms. The van der Waals surface area contributed by atoms with E-state index in [0.717, 1.165) is 12.8 Å². The van der Waals surface area contributed by atoms with Crippen LogP contribution in [0.25, 0.3) is 0 Å². The van der Waals surface area contributed by atoms with E-state index in [9.17, 15) is 0 Å². The topological polar surface area (TPSA) is 26.0 Å². The van der Waals surface area contributed by atoms with Crippen molar-refractivity contribution in [3.63, 3.8) is 0 Å². The minimum atomic E-state index is 0.298. The molecule has 0 aromatic rings. The zero-order valence-electron chi connectivity index (χ0n) is 11.9. The molecule has 0 fully saturated rings. The SMILES string of the molecule is CC#CCC(N)CCCCCCCCCCC. The minimum absolute atomic E-state index is 0.298. The normalized spacial score (nSPS) is 11.9. The van der Waals surface area contributed by atoms with Crippen molar-refractivity contribution in [3.8, 4) is 11.8 Å². The quantitative estimate of drug-likeness (QED) is 0.411. The van der Waals surface area contributed by atoms with Crippen LogP contribution in [0.3, 0.4) is 0 Å². The van der Waals surface area contributed by atoms with Crippen LogP contribution in [0.4, 0.5) is 0 Å². The Kier molecular flexibility index (Phi) is 13.2. The summed E-state index contributed by atoms with van der Waals surface area (Å²) >= 11 is 0. The van der Waals surface area contributed by atoms with Gasteiger partial charge in [0.1, 0.15) is 0 Å². The van der Waals surface area contributed by atoms with Gasteiger partial charge in [-0.1, -0.05) is 64.7 Å². The van der Waals surface area contributed by atoms with Crippen LogP contribution in [0.15, 0.2) is 0 Å². The third-order valence-corrected chi connectivity index (χ3v) is 3.22. The van der Waals surface area contributed by atoms with Crippen LogP contribution in [-0.4, -0.2) is 6.04 Å². The fourth-order valence-corrected chi connectivity index (χ4v) is 2.05. The second kappa shape index (κ2) is 13.6. The highest BCUT2D eigenvalue weighted by atomic mass is 14.6. The lowest BCUT2D eigenvalue weighted by Crippen LogP contribution is -2.18. The first kappa shape index (κ1) is 16.5. The Morgan fingerprint density at radius 1 is 0.882 bits per heavy atom. The fraction of sp³-hybridized carbons (Fsp3) is 0.875. The van der Waals surface area contributed by atoms with Crippen molar-refractivity contribution >= 4 is 0 Å². The maximum absolute atomic E-state index is 5.95. The van der Waals surface area contributed by atoms with E-state index in [1.54, 1.807) is 0 Å². The molecule has 0 radical (unpaired) electrons. The molecule has 0 aromatic carbocycles. The predicted octanol–water partition coefficient (Wildman–Crippen LogP) is 4.65. The van der Waals surface area contributed by atoms with Gasteiger partial charge in [0.05, 0.1) is 0 Å². The van der Waals surface area contributed by atoms with E-state index >= 15 is 0 Å². The molecule has 0 heterocycles. The molecular weight excluding hydrogens is 206 g/mol. The molecule has 0 bridgehead atoms. The number of unbranched alkanes of at least 4 members (excludes halogenated alkanes) is 8. The highest BCUT2D eigenvalue weighted by Crippen LogP contribution is 2.11. The van der Waals surface area contributed by atoms with Crippen molar-refractivity contribution in [3.05, 3.63) is 0 Å². The van der Waals surface area contributed by atoms with E-state index in [4.69, 9.17) is 5.73 Å². The van der Waals surface area contributed by atoms with Crippen LogP contribution in [-0.2, 0) is 0 Å². The first-order valence-corrected chi connectivity index (χ1v) is 7.46. The molecule has 0 aliphatic heterocycles. The molecule has 17 heavy (non-hydrogen) atoms. The van der Waals surface area contributed by atoms with E-state index in [1.165, 1.54) is 57.8 Å². The minimum Gasteiger partial charge on any atom is -0.327 e. The second-order valence-electron chi connectivity index (χ2n) is 5.01. The summed E-state index contributed by atoms with van der Waals surface area (Å²) in [6, 6.07) is 0.298. The lowest BCUT2D eigenvalue weighted by molar-refractivity contribution is 0.527. The van der Waals surface area contributed by atoms with Crippen LogP contribution in [0, 0.1) is 11.8 Å². The first-order valence-electron chi connectivity index (χ1n) is 7.46.